The Morgan fingerprint density at radius 1 is 0.974 bits per heavy atom. The number of nitrogens with one attached hydrogen (secondary N) is 2. The van der Waals surface area contributed by atoms with Gasteiger partial charge in [-0.2, -0.15) is 0 Å². The van der Waals surface area contributed by atoms with Crippen LogP contribution in [0.2, 0.25) is 10.0 Å². The molecule has 2 aliphatic rings. The van der Waals surface area contributed by atoms with Gasteiger partial charge in [-0.15, -0.1) is 0 Å². The maximum absolute atomic E-state index is 14.2. The third-order valence-corrected chi connectivity index (χ3v) is 7.76. The Hall–Kier alpha value is -3.53. The van der Waals surface area contributed by atoms with Crippen molar-refractivity contribution >= 4 is 56.8 Å². The fourth-order valence-corrected chi connectivity index (χ4v) is 5.32. The standard InChI is InChI=1S/C28H24Cl2FN5O3/c29-16-2-6-23-15(11-16)1-5-24(33-23)28(39)32-17-7-9-35(10-8-17)34-27(38)20-14-36(18-3-4-18)25-13-21(30)22(31)12-19(25)26(20)37/h1-2,5-6,11-14,17-18H,3-4,7-10H2,(H,32,39)(H,34,38). The summed E-state index contributed by atoms with van der Waals surface area (Å²) in [4.78, 5) is 43.5. The third-order valence-electron chi connectivity index (χ3n) is 7.23. The number of pyridine rings is 2. The van der Waals surface area contributed by atoms with Gasteiger partial charge in [-0.25, -0.2) is 14.4 Å². The number of piperidine rings is 1. The predicted octanol–water partition coefficient (Wildman–Crippen LogP) is 4.87. The van der Waals surface area contributed by atoms with Crippen LogP contribution in [0.4, 0.5) is 4.39 Å². The molecule has 0 spiro atoms. The number of benzene rings is 2. The summed E-state index contributed by atoms with van der Waals surface area (Å²) in [5.41, 5.74) is 3.75. The molecule has 6 rings (SSSR count). The molecule has 4 aromatic rings. The number of halogens is 3. The fraction of sp³-hybridized carbons (Fsp3) is 0.286. The Morgan fingerprint density at radius 3 is 2.49 bits per heavy atom. The zero-order valence-electron chi connectivity index (χ0n) is 20.7. The van der Waals surface area contributed by atoms with Crippen LogP contribution in [0.3, 0.4) is 0 Å². The molecule has 0 bridgehead atoms. The van der Waals surface area contributed by atoms with Crippen molar-refractivity contribution in [2.24, 2.45) is 0 Å². The van der Waals surface area contributed by atoms with Gasteiger partial charge in [0.2, 0.25) is 5.43 Å². The van der Waals surface area contributed by atoms with E-state index < -0.39 is 17.2 Å². The summed E-state index contributed by atoms with van der Waals surface area (Å²) in [5, 5.41) is 6.27. The molecule has 3 heterocycles. The predicted molar refractivity (Wildman–Crippen MR) is 148 cm³/mol. The largest absolute Gasteiger partial charge is 0.348 e. The first kappa shape index (κ1) is 25.7. The maximum atomic E-state index is 14.2. The highest BCUT2D eigenvalue weighted by molar-refractivity contribution is 6.31. The summed E-state index contributed by atoms with van der Waals surface area (Å²) in [6.07, 6.45) is 4.57. The number of hydrogen-bond acceptors (Lipinski definition) is 5. The van der Waals surface area contributed by atoms with Crippen molar-refractivity contribution in [3.05, 3.63) is 86.0 Å². The molecular weight excluding hydrogens is 544 g/mol. The summed E-state index contributed by atoms with van der Waals surface area (Å²) in [6.45, 7) is 0.962. The molecule has 1 saturated heterocycles. The van der Waals surface area contributed by atoms with E-state index in [1.54, 1.807) is 35.5 Å². The molecule has 8 nitrogen and oxygen atoms in total. The fourth-order valence-electron chi connectivity index (χ4n) is 4.98. The van der Waals surface area contributed by atoms with E-state index in [0.29, 0.717) is 47.7 Å². The van der Waals surface area contributed by atoms with Crippen LogP contribution in [0, 0.1) is 5.82 Å². The summed E-state index contributed by atoms with van der Waals surface area (Å²) >= 11 is 12.0. The lowest BCUT2D eigenvalue weighted by molar-refractivity contribution is 0.0699. The van der Waals surface area contributed by atoms with Crippen molar-refractivity contribution in [3.63, 3.8) is 0 Å². The molecule has 2 amide bonds. The van der Waals surface area contributed by atoms with Crippen LogP contribution in [-0.2, 0) is 0 Å². The minimum atomic E-state index is -0.700. The van der Waals surface area contributed by atoms with Gasteiger partial charge in [-0.1, -0.05) is 29.3 Å². The number of aromatic nitrogens is 2. The number of carbonyl (C=O) groups is 2. The van der Waals surface area contributed by atoms with Gasteiger partial charge in [0.15, 0.2) is 0 Å². The average molecular weight is 568 g/mol. The first-order valence-corrected chi connectivity index (χ1v) is 13.5. The number of carbonyl (C=O) groups excluding carboxylic acids is 2. The van der Waals surface area contributed by atoms with Crippen LogP contribution in [0.15, 0.2) is 53.5 Å². The van der Waals surface area contributed by atoms with Crippen LogP contribution in [-0.4, -0.2) is 45.5 Å². The van der Waals surface area contributed by atoms with Crippen LogP contribution >= 0.6 is 23.2 Å². The van der Waals surface area contributed by atoms with E-state index in [1.165, 1.54) is 6.07 Å². The Labute approximate surface area is 232 Å². The number of nitrogens with zero attached hydrogens (tertiary/aromatic N) is 3. The van der Waals surface area contributed by atoms with Gasteiger partial charge in [0.05, 0.1) is 16.1 Å². The molecular formula is C28H24Cl2FN5O3. The summed E-state index contributed by atoms with van der Waals surface area (Å²) < 4.78 is 16.0. The van der Waals surface area contributed by atoms with E-state index in [0.717, 1.165) is 24.3 Å². The van der Waals surface area contributed by atoms with Gasteiger partial charge >= 0.3 is 0 Å². The molecule has 1 saturated carbocycles. The second-order valence-corrected chi connectivity index (χ2v) is 10.8. The first-order chi connectivity index (χ1) is 18.8. The number of amides is 2. The van der Waals surface area contributed by atoms with Crippen molar-refractivity contribution in [2.75, 3.05) is 13.1 Å². The molecule has 2 fully saturated rings. The zero-order valence-corrected chi connectivity index (χ0v) is 22.2. The lowest BCUT2D eigenvalue weighted by atomic mass is 10.1. The van der Waals surface area contributed by atoms with E-state index in [9.17, 15) is 18.8 Å². The van der Waals surface area contributed by atoms with Gasteiger partial charge in [0.25, 0.3) is 11.8 Å². The third kappa shape index (κ3) is 5.22. The Balaban J connectivity index is 1.11. The van der Waals surface area contributed by atoms with Crippen molar-refractivity contribution in [1.82, 2.24) is 25.3 Å². The summed E-state index contributed by atoms with van der Waals surface area (Å²) in [7, 11) is 0. The van der Waals surface area contributed by atoms with Gasteiger partial charge in [0, 0.05) is 47.2 Å². The van der Waals surface area contributed by atoms with Gasteiger partial charge in [-0.05, 0) is 62.1 Å². The number of rotatable bonds is 5. The number of hydrazine groups is 1. The molecule has 1 aliphatic heterocycles. The minimum absolute atomic E-state index is 0.0461. The quantitative estimate of drug-likeness (QED) is 0.358. The summed E-state index contributed by atoms with van der Waals surface area (Å²) in [5.74, 6) is -1.51. The molecule has 2 aromatic carbocycles. The first-order valence-electron chi connectivity index (χ1n) is 12.7. The van der Waals surface area contributed by atoms with Crippen LogP contribution in [0.25, 0.3) is 21.8 Å². The second kappa shape index (κ2) is 10.2. The molecule has 0 atom stereocenters. The van der Waals surface area contributed by atoms with Crippen LogP contribution < -0.4 is 16.2 Å². The molecule has 0 radical (unpaired) electrons. The summed E-state index contributed by atoms with van der Waals surface area (Å²) in [6, 6.07) is 11.4. The highest BCUT2D eigenvalue weighted by Gasteiger charge is 2.29. The normalized spacial score (nSPS) is 16.5. The molecule has 39 heavy (non-hydrogen) atoms. The Kier molecular flexibility index (Phi) is 6.74. The van der Waals surface area contributed by atoms with E-state index in [1.807, 2.05) is 10.6 Å². The van der Waals surface area contributed by atoms with Crippen molar-refractivity contribution in [1.29, 1.82) is 0 Å². The lowest BCUT2D eigenvalue weighted by Crippen LogP contribution is -2.51. The van der Waals surface area contributed by atoms with Crippen molar-refractivity contribution < 1.29 is 14.0 Å². The highest BCUT2D eigenvalue weighted by Crippen LogP contribution is 2.37. The van der Waals surface area contributed by atoms with E-state index in [4.69, 9.17) is 23.2 Å². The van der Waals surface area contributed by atoms with Gasteiger partial charge in [0.1, 0.15) is 17.1 Å². The van der Waals surface area contributed by atoms with Crippen molar-refractivity contribution in [3.8, 4) is 0 Å². The Morgan fingerprint density at radius 2 is 1.74 bits per heavy atom. The number of fused-ring (bicyclic) bond motifs is 2. The molecule has 0 unspecified atom stereocenters. The molecule has 11 heteroatoms. The molecule has 1 aliphatic carbocycles. The average Bonchev–Trinajstić information content (AvgIpc) is 3.76. The monoisotopic (exact) mass is 567 g/mol. The van der Waals surface area contributed by atoms with E-state index in [2.05, 4.69) is 15.7 Å². The van der Waals surface area contributed by atoms with Crippen LogP contribution in [0.1, 0.15) is 52.6 Å². The second-order valence-electron chi connectivity index (χ2n) is 10.0. The van der Waals surface area contributed by atoms with E-state index >= 15 is 0 Å². The van der Waals surface area contributed by atoms with Crippen LogP contribution in [0.5, 0.6) is 0 Å². The highest BCUT2D eigenvalue weighted by atomic mass is 35.5. The maximum Gasteiger partial charge on any atom is 0.271 e. The SMILES string of the molecule is O=C(NC1CCN(NC(=O)c2cn(C3CC3)c3cc(Cl)c(F)cc3c2=O)CC1)c1ccc2cc(Cl)ccc2n1. The molecule has 200 valence electrons. The molecule has 2 aromatic heterocycles. The van der Waals surface area contributed by atoms with E-state index in [-0.39, 0.29) is 34.0 Å². The van der Waals surface area contributed by atoms with Gasteiger partial charge in [-0.3, -0.25) is 19.8 Å². The Bertz CT molecular complexity index is 1700. The zero-order chi connectivity index (χ0) is 27.3. The van der Waals surface area contributed by atoms with Gasteiger partial charge < -0.3 is 9.88 Å². The van der Waals surface area contributed by atoms with Crippen molar-refractivity contribution in [2.45, 2.75) is 37.8 Å². The lowest BCUT2D eigenvalue weighted by Gasteiger charge is -2.32. The smallest absolute Gasteiger partial charge is 0.271 e. The topological polar surface area (TPSA) is 96.3 Å². The number of hydrogen-bond donors (Lipinski definition) is 2. The molecule has 2 N–H and O–H groups in total. The minimum Gasteiger partial charge on any atom is -0.348 e.